The first-order valence-electron chi connectivity index (χ1n) is 10.1. The first kappa shape index (κ1) is 20.3. The highest BCUT2D eigenvalue weighted by atomic mass is 16.5. The number of rotatable bonds is 9. The van der Waals surface area contributed by atoms with E-state index in [1.807, 2.05) is 24.3 Å². The molecule has 0 aliphatic carbocycles. The van der Waals surface area contributed by atoms with Crippen LogP contribution in [-0.4, -0.2) is 41.5 Å². The zero-order valence-electron chi connectivity index (χ0n) is 16.6. The number of carbonyl (C=O) groups is 1. The van der Waals surface area contributed by atoms with E-state index in [-0.39, 0.29) is 5.56 Å². The molecule has 0 spiro atoms. The molecule has 1 aliphatic rings. The number of nitrogens with zero attached hydrogens (tertiary/aromatic N) is 2. The molecule has 2 heterocycles. The van der Waals surface area contributed by atoms with Crippen LogP contribution in [0.15, 0.2) is 42.7 Å². The second-order valence-corrected chi connectivity index (χ2v) is 7.39. The van der Waals surface area contributed by atoms with Gasteiger partial charge >= 0.3 is 0 Å². The van der Waals surface area contributed by atoms with Gasteiger partial charge in [0, 0.05) is 25.0 Å². The number of ether oxygens (including phenoxy) is 1. The number of nitrogens with two attached hydrogens (primary N) is 1. The van der Waals surface area contributed by atoms with Crippen LogP contribution < -0.4 is 15.8 Å². The second-order valence-electron chi connectivity index (χ2n) is 7.39. The molecular formula is C22H30N4O2. The lowest BCUT2D eigenvalue weighted by atomic mass is 10.0. The molecule has 6 heteroatoms. The molecule has 28 heavy (non-hydrogen) atoms. The van der Waals surface area contributed by atoms with Gasteiger partial charge in [-0.15, -0.1) is 0 Å². The van der Waals surface area contributed by atoms with Crippen molar-refractivity contribution in [2.24, 2.45) is 5.73 Å². The van der Waals surface area contributed by atoms with Crippen LogP contribution in [0.5, 0.6) is 11.5 Å². The topological polar surface area (TPSA) is 80.5 Å². The van der Waals surface area contributed by atoms with Gasteiger partial charge in [-0.2, -0.15) is 0 Å². The average molecular weight is 383 g/mol. The summed E-state index contributed by atoms with van der Waals surface area (Å²) in [5.41, 5.74) is 6.83. The summed E-state index contributed by atoms with van der Waals surface area (Å²) in [5, 5.41) is 3.51. The lowest BCUT2D eigenvalue weighted by Crippen LogP contribution is -2.38. The van der Waals surface area contributed by atoms with Crippen LogP contribution in [0, 0.1) is 0 Å². The highest BCUT2D eigenvalue weighted by Crippen LogP contribution is 2.24. The number of amides is 1. The maximum atomic E-state index is 11.4. The fourth-order valence-electron chi connectivity index (χ4n) is 3.59. The molecule has 1 fully saturated rings. The number of hydrogen-bond acceptors (Lipinski definition) is 5. The molecule has 0 radical (unpaired) electrons. The minimum absolute atomic E-state index is 0.274. The number of piperidine rings is 1. The summed E-state index contributed by atoms with van der Waals surface area (Å²) in [6.45, 7) is 6.61. The van der Waals surface area contributed by atoms with Crippen LogP contribution in [0.2, 0.25) is 0 Å². The molecule has 1 aliphatic heterocycles. The van der Waals surface area contributed by atoms with Crippen molar-refractivity contribution in [3.05, 3.63) is 53.9 Å². The minimum atomic E-state index is -0.553. The first-order chi connectivity index (χ1) is 13.6. The summed E-state index contributed by atoms with van der Waals surface area (Å²) in [6.07, 6.45) is 8.21. The molecule has 1 amide bonds. The van der Waals surface area contributed by atoms with Gasteiger partial charge in [0.2, 0.25) is 0 Å². The lowest BCUT2D eigenvalue weighted by Gasteiger charge is -2.33. The van der Waals surface area contributed by atoms with E-state index >= 15 is 0 Å². The van der Waals surface area contributed by atoms with Crippen LogP contribution in [0.1, 0.15) is 48.5 Å². The maximum Gasteiger partial charge on any atom is 0.254 e. The van der Waals surface area contributed by atoms with Gasteiger partial charge in [0.1, 0.15) is 17.1 Å². The summed E-state index contributed by atoms with van der Waals surface area (Å²) in [5.74, 6) is 0.528. The minimum Gasteiger partial charge on any atom is -0.456 e. The van der Waals surface area contributed by atoms with E-state index in [9.17, 15) is 4.79 Å². The Labute approximate surface area is 167 Å². The van der Waals surface area contributed by atoms with Gasteiger partial charge in [0.05, 0.1) is 0 Å². The number of primary amides is 1. The molecule has 3 rings (SSSR count). The van der Waals surface area contributed by atoms with E-state index < -0.39 is 5.91 Å². The molecule has 0 saturated carbocycles. The summed E-state index contributed by atoms with van der Waals surface area (Å²) < 4.78 is 5.78. The van der Waals surface area contributed by atoms with Crippen molar-refractivity contribution in [2.75, 3.05) is 19.6 Å². The molecule has 3 N–H and O–H groups in total. The van der Waals surface area contributed by atoms with Crippen molar-refractivity contribution in [1.29, 1.82) is 0 Å². The fourth-order valence-corrected chi connectivity index (χ4v) is 3.59. The normalized spacial score (nSPS) is 17.4. The molecule has 1 saturated heterocycles. The zero-order chi connectivity index (χ0) is 19.8. The first-order valence-corrected chi connectivity index (χ1v) is 10.1. The number of nitrogens with one attached hydrogen (secondary N) is 1. The molecule has 6 nitrogen and oxygen atoms in total. The van der Waals surface area contributed by atoms with E-state index in [1.165, 1.54) is 50.5 Å². The van der Waals surface area contributed by atoms with Crippen LogP contribution in [0.25, 0.3) is 0 Å². The van der Waals surface area contributed by atoms with Gasteiger partial charge in [0.25, 0.3) is 5.91 Å². The Kier molecular flexibility index (Phi) is 7.39. The Morgan fingerprint density at radius 1 is 1.29 bits per heavy atom. The summed E-state index contributed by atoms with van der Waals surface area (Å²) in [7, 11) is 0. The van der Waals surface area contributed by atoms with E-state index in [4.69, 9.17) is 10.5 Å². The Morgan fingerprint density at radius 3 is 2.86 bits per heavy atom. The molecule has 1 aromatic carbocycles. The van der Waals surface area contributed by atoms with Crippen molar-refractivity contribution >= 4 is 5.91 Å². The predicted molar refractivity (Wildman–Crippen MR) is 110 cm³/mol. The van der Waals surface area contributed by atoms with E-state index in [0.717, 1.165) is 19.1 Å². The maximum absolute atomic E-state index is 11.4. The Morgan fingerprint density at radius 2 is 2.11 bits per heavy atom. The van der Waals surface area contributed by atoms with E-state index in [1.54, 1.807) is 12.3 Å². The van der Waals surface area contributed by atoms with E-state index in [0.29, 0.717) is 11.5 Å². The van der Waals surface area contributed by atoms with Crippen LogP contribution in [-0.2, 0) is 6.54 Å². The van der Waals surface area contributed by atoms with Crippen molar-refractivity contribution < 1.29 is 9.53 Å². The molecule has 1 atom stereocenters. The molecule has 1 aromatic heterocycles. The highest BCUT2D eigenvalue weighted by molar-refractivity contribution is 5.95. The van der Waals surface area contributed by atoms with Crippen LogP contribution in [0.3, 0.4) is 0 Å². The number of likely N-dealkylation sites (tertiary alicyclic amines) is 1. The van der Waals surface area contributed by atoms with Gasteiger partial charge in [-0.3, -0.25) is 9.78 Å². The number of carbonyl (C=O) groups excluding carboxylic acids is 1. The quantitative estimate of drug-likeness (QED) is 0.650. The monoisotopic (exact) mass is 382 g/mol. The second kappa shape index (κ2) is 10.2. The zero-order valence-corrected chi connectivity index (χ0v) is 16.6. The third kappa shape index (κ3) is 5.78. The fraction of sp³-hybridized carbons (Fsp3) is 0.455. The van der Waals surface area contributed by atoms with Gasteiger partial charge < -0.3 is 20.7 Å². The summed E-state index contributed by atoms with van der Waals surface area (Å²) in [4.78, 5) is 18.0. The number of benzene rings is 1. The standard InChI is InChI=1S/C22H30N4O2/c1-17-5-2-3-13-26(17)14-4-11-24-15-18-6-8-19(9-7-18)28-21-10-12-25-16-20(21)22(23)27/h6-10,12,16-17,24H,2-5,11,13-15H2,1H3,(H2,23,27). The van der Waals surface area contributed by atoms with Crippen molar-refractivity contribution in [1.82, 2.24) is 15.2 Å². The van der Waals surface area contributed by atoms with Gasteiger partial charge in [-0.1, -0.05) is 18.6 Å². The predicted octanol–water partition coefficient (Wildman–Crippen LogP) is 3.33. The Balaban J connectivity index is 1.42. The molecule has 0 bridgehead atoms. The van der Waals surface area contributed by atoms with Crippen molar-refractivity contribution in [2.45, 2.75) is 45.2 Å². The third-order valence-corrected chi connectivity index (χ3v) is 5.27. The Hall–Kier alpha value is -2.44. The van der Waals surface area contributed by atoms with Gasteiger partial charge in [-0.05, 0) is 69.6 Å². The van der Waals surface area contributed by atoms with Gasteiger partial charge in [-0.25, -0.2) is 0 Å². The lowest BCUT2D eigenvalue weighted by molar-refractivity contribution is 0.0997. The Bertz CT molecular complexity index is 763. The van der Waals surface area contributed by atoms with Crippen molar-refractivity contribution in [3.63, 3.8) is 0 Å². The molecule has 150 valence electrons. The largest absolute Gasteiger partial charge is 0.456 e. The molecule has 1 unspecified atom stereocenters. The third-order valence-electron chi connectivity index (χ3n) is 5.27. The summed E-state index contributed by atoms with van der Waals surface area (Å²) >= 11 is 0. The smallest absolute Gasteiger partial charge is 0.254 e. The molecule has 2 aromatic rings. The van der Waals surface area contributed by atoms with E-state index in [2.05, 4.69) is 22.1 Å². The molecular weight excluding hydrogens is 352 g/mol. The SMILES string of the molecule is CC1CCCCN1CCCNCc1ccc(Oc2ccncc2C(N)=O)cc1. The van der Waals surface area contributed by atoms with Crippen LogP contribution in [0.4, 0.5) is 0 Å². The van der Waals surface area contributed by atoms with Crippen LogP contribution >= 0.6 is 0 Å². The number of pyridine rings is 1. The van der Waals surface area contributed by atoms with Gasteiger partial charge in [0.15, 0.2) is 0 Å². The average Bonchev–Trinajstić information content (AvgIpc) is 2.70. The number of hydrogen-bond donors (Lipinski definition) is 2. The number of aromatic nitrogens is 1. The summed E-state index contributed by atoms with van der Waals surface area (Å²) in [6, 6.07) is 10.2. The highest BCUT2D eigenvalue weighted by Gasteiger charge is 2.17. The van der Waals surface area contributed by atoms with Crippen molar-refractivity contribution in [3.8, 4) is 11.5 Å².